The van der Waals surface area contributed by atoms with Gasteiger partial charge in [-0.05, 0) is 31.0 Å². The summed E-state index contributed by atoms with van der Waals surface area (Å²) < 4.78 is 27.0. The number of sulfonamides is 1. The average Bonchev–Trinajstić information content (AvgIpc) is 2.74. The molecule has 0 aliphatic carbocycles. The molecule has 1 saturated heterocycles. The van der Waals surface area contributed by atoms with E-state index in [-0.39, 0.29) is 35.5 Å². The number of halogens is 1. The van der Waals surface area contributed by atoms with Crippen molar-refractivity contribution in [1.29, 1.82) is 0 Å². The number of likely N-dealkylation sites (tertiary alicyclic amines) is 1. The number of nitrogens with one attached hydrogen (secondary N) is 1. The molecule has 0 atom stereocenters. The first-order valence-electron chi connectivity index (χ1n) is 9.49. The first kappa shape index (κ1) is 21.5. The van der Waals surface area contributed by atoms with Crippen molar-refractivity contribution < 1.29 is 18.0 Å². The maximum atomic E-state index is 12.5. The highest BCUT2D eigenvalue weighted by Crippen LogP contribution is 2.22. The van der Waals surface area contributed by atoms with Gasteiger partial charge >= 0.3 is 0 Å². The van der Waals surface area contributed by atoms with Crippen molar-refractivity contribution in [3.8, 4) is 0 Å². The molecule has 0 spiro atoms. The van der Waals surface area contributed by atoms with Crippen LogP contribution in [0.15, 0.2) is 59.5 Å². The Morgan fingerprint density at radius 2 is 1.72 bits per heavy atom. The van der Waals surface area contributed by atoms with Crippen molar-refractivity contribution in [3.63, 3.8) is 0 Å². The third-order valence-corrected chi connectivity index (χ3v) is 6.71. The van der Waals surface area contributed by atoms with Crippen molar-refractivity contribution >= 4 is 33.3 Å². The van der Waals surface area contributed by atoms with E-state index >= 15 is 0 Å². The van der Waals surface area contributed by atoms with E-state index in [2.05, 4.69) is 4.72 Å². The predicted molar refractivity (Wildman–Crippen MR) is 111 cm³/mol. The van der Waals surface area contributed by atoms with Gasteiger partial charge in [0.15, 0.2) is 5.78 Å². The Kier molecular flexibility index (Phi) is 7.05. The lowest BCUT2D eigenvalue weighted by Gasteiger charge is -2.31. The minimum absolute atomic E-state index is 0.0105. The molecule has 3 rings (SSSR count). The lowest BCUT2D eigenvalue weighted by molar-refractivity contribution is -0.132. The van der Waals surface area contributed by atoms with Crippen LogP contribution in [0.25, 0.3) is 0 Å². The fourth-order valence-electron chi connectivity index (χ4n) is 3.40. The molecule has 1 aliphatic rings. The number of Topliss-reactive ketones (excluding diaryl/α,β-unsaturated/α-hetero) is 1. The highest BCUT2D eigenvalue weighted by atomic mass is 35.5. The standard InChI is InChI=1S/C21H23ClN2O4S/c22-18-7-4-8-19(15-18)29(27,28)23-12-9-20(25)24-13-10-17(11-14-24)21(26)16-5-2-1-3-6-16/h1-8,15,17,23H,9-14H2. The molecule has 0 unspecified atom stereocenters. The van der Waals surface area contributed by atoms with Crippen molar-refractivity contribution in [1.82, 2.24) is 9.62 Å². The van der Waals surface area contributed by atoms with Crippen LogP contribution < -0.4 is 4.72 Å². The first-order chi connectivity index (χ1) is 13.9. The summed E-state index contributed by atoms with van der Waals surface area (Å²) >= 11 is 5.83. The van der Waals surface area contributed by atoms with Crippen molar-refractivity contribution in [3.05, 3.63) is 65.2 Å². The van der Waals surface area contributed by atoms with Crippen LogP contribution in [0.1, 0.15) is 29.6 Å². The molecule has 29 heavy (non-hydrogen) atoms. The van der Waals surface area contributed by atoms with Gasteiger partial charge in [0.2, 0.25) is 15.9 Å². The Morgan fingerprint density at radius 3 is 2.38 bits per heavy atom. The summed E-state index contributed by atoms with van der Waals surface area (Å²) in [5, 5.41) is 0.330. The predicted octanol–water partition coefficient (Wildman–Crippen LogP) is 3.13. The number of piperidine rings is 1. The lowest BCUT2D eigenvalue weighted by atomic mass is 9.89. The highest BCUT2D eigenvalue weighted by molar-refractivity contribution is 7.89. The van der Waals surface area contributed by atoms with Crippen LogP contribution in [-0.2, 0) is 14.8 Å². The molecular formula is C21H23ClN2O4S. The molecular weight excluding hydrogens is 412 g/mol. The van der Waals surface area contributed by atoms with Crippen LogP contribution in [-0.4, -0.2) is 44.6 Å². The summed E-state index contributed by atoms with van der Waals surface area (Å²) in [5.74, 6) is -0.0841. The average molecular weight is 435 g/mol. The molecule has 0 aromatic heterocycles. The number of amides is 1. The van der Waals surface area contributed by atoms with E-state index in [1.54, 1.807) is 17.0 Å². The van der Waals surface area contributed by atoms with Gasteiger partial charge in [-0.2, -0.15) is 0 Å². The Labute approximate surface area is 175 Å². The van der Waals surface area contributed by atoms with E-state index in [1.165, 1.54) is 12.1 Å². The normalized spacial score (nSPS) is 15.3. The summed E-state index contributed by atoms with van der Waals surface area (Å²) in [7, 11) is -3.71. The first-order valence-corrected chi connectivity index (χ1v) is 11.4. The van der Waals surface area contributed by atoms with E-state index < -0.39 is 10.0 Å². The number of benzene rings is 2. The van der Waals surface area contributed by atoms with E-state index in [0.717, 1.165) is 0 Å². The van der Waals surface area contributed by atoms with E-state index in [4.69, 9.17) is 11.6 Å². The number of rotatable bonds is 7. The Bertz CT molecular complexity index is 971. The summed E-state index contributed by atoms with van der Waals surface area (Å²) in [6.45, 7) is 1.02. The van der Waals surface area contributed by atoms with Crippen LogP contribution >= 0.6 is 11.6 Å². The van der Waals surface area contributed by atoms with Gasteiger partial charge in [0.05, 0.1) is 4.90 Å². The summed E-state index contributed by atoms with van der Waals surface area (Å²) in [4.78, 5) is 26.7. The van der Waals surface area contributed by atoms with Gasteiger partial charge in [0.25, 0.3) is 0 Å². The number of nitrogens with zero attached hydrogens (tertiary/aromatic N) is 1. The van der Waals surface area contributed by atoms with Crippen LogP contribution in [0.2, 0.25) is 5.02 Å². The second kappa shape index (κ2) is 9.52. The monoisotopic (exact) mass is 434 g/mol. The lowest BCUT2D eigenvalue weighted by Crippen LogP contribution is -2.41. The zero-order chi connectivity index (χ0) is 20.9. The number of hydrogen-bond acceptors (Lipinski definition) is 4. The zero-order valence-electron chi connectivity index (χ0n) is 15.9. The van der Waals surface area contributed by atoms with Crippen molar-refractivity contribution in [2.75, 3.05) is 19.6 Å². The number of carbonyl (C=O) groups excluding carboxylic acids is 2. The van der Waals surface area contributed by atoms with Gasteiger partial charge in [-0.1, -0.05) is 48.0 Å². The van der Waals surface area contributed by atoms with Crippen molar-refractivity contribution in [2.45, 2.75) is 24.2 Å². The molecule has 154 valence electrons. The summed E-state index contributed by atoms with van der Waals surface area (Å²) in [5.41, 5.74) is 0.702. The molecule has 0 saturated carbocycles. The minimum atomic E-state index is -3.71. The fourth-order valence-corrected chi connectivity index (χ4v) is 4.73. The molecule has 1 amide bonds. The quantitative estimate of drug-likeness (QED) is 0.678. The highest BCUT2D eigenvalue weighted by Gasteiger charge is 2.27. The third kappa shape index (κ3) is 5.65. The molecule has 1 fully saturated rings. The SMILES string of the molecule is O=C(c1ccccc1)C1CCN(C(=O)CCNS(=O)(=O)c2cccc(Cl)c2)CC1. The molecule has 1 aliphatic heterocycles. The molecule has 2 aromatic carbocycles. The maximum Gasteiger partial charge on any atom is 0.240 e. The zero-order valence-corrected chi connectivity index (χ0v) is 17.5. The second-order valence-corrected chi connectivity index (χ2v) is 9.19. The molecule has 8 heteroatoms. The minimum Gasteiger partial charge on any atom is -0.343 e. The maximum absolute atomic E-state index is 12.5. The van der Waals surface area contributed by atoms with E-state index in [1.807, 2.05) is 30.3 Å². The molecule has 0 radical (unpaired) electrons. The van der Waals surface area contributed by atoms with Gasteiger partial charge < -0.3 is 4.90 Å². The van der Waals surface area contributed by atoms with E-state index in [9.17, 15) is 18.0 Å². The van der Waals surface area contributed by atoms with Gasteiger partial charge in [-0.3, -0.25) is 9.59 Å². The van der Waals surface area contributed by atoms with Gasteiger partial charge in [-0.25, -0.2) is 13.1 Å². The van der Waals surface area contributed by atoms with Gasteiger partial charge in [0, 0.05) is 42.6 Å². The summed E-state index contributed by atoms with van der Waals surface area (Å²) in [6.07, 6.45) is 1.30. The molecule has 1 N–H and O–H groups in total. The Hall–Kier alpha value is -2.22. The number of ketones is 1. The topological polar surface area (TPSA) is 83.6 Å². The number of carbonyl (C=O) groups is 2. The second-order valence-electron chi connectivity index (χ2n) is 6.99. The largest absolute Gasteiger partial charge is 0.343 e. The Balaban J connectivity index is 1.46. The van der Waals surface area contributed by atoms with Gasteiger partial charge in [-0.15, -0.1) is 0 Å². The smallest absolute Gasteiger partial charge is 0.240 e. The van der Waals surface area contributed by atoms with Crippen LogP contribution in [0.5, 0.6) is 0 Å². The van der Waals surface area contributed by atoms with Crippen molar-refractivity contribution in [2.24, 2.45) is 5.92 Å². The summed E-state index contributed by atoms with van der Waals surface area (Å²) in [6, 6.07) is 15.1. The van der Waals surface area contributed by atoms with Gasteiger partial charge in [0.1, 0.15) is 0 Å². The Morgan fingerprint density at radius 1 is 1.03 bits per heavy atom. The van der Waals surface area contributed by atoms with Crippen LogP contribution in [0.3, 0.4) is 0 Å². The molecule has 6 nitrogen and oxygen atoms in total. The third-order valence-electron chi connectivity index (χ3n) is 5.01. The van der Waals surface area contributed by atoms with Crippen LogP contribution in [0, 0.1) is 5.92 Å². The van der Waals surface area contributed by atoms with Crippen LogP contribution in [0.4, 0.5) is 0 Å². The van der Waals surface area contributed by atoms with E-state index in [0.29, 0.717) is 36.5 Å². The molecule has 1 heterocycles. The molecule has 2 aromatic rings. The number of hydrogen-bond donors (Lipinski definition) is 1. The molecule has 0 bridgehead atoms. The fraction of sp³-hybridized carbons (Fsp3) is 0.333.